The van der Waals surface area contributed by atoms with E-state index in [0.717, 1.165) is 27.9 Å². The summed E-state index contributed by atoms with van der Waals surface area (Å²) in [5.74, 6) is 1.74. The molecule has 0 spiro atoms. The molecule has 0 bridgehead atoms. The number of thioether (sulfide) groups is 1. The number of imidazole rings is 1. The summed E-state index contributed by atoms with van der Waals surface area (Å²) in [6.07, 6.45) is 6.34. The van der Waals surface area contributed by atoms with Crippen molar-refractivity contribution in [2.75, 3.05) is 5.75 Å². The predicted molar refractivity (Wildman–Crippen MR) is 105 cm³/mol. The number of fused-ring (bicyclic) bond motifs is 2. The largest absolute Gasteiger partial charge is 0.287 e. The molecule has 25 heavy (non-hydrogen) atoms. The van der Waals surface area contributed by atoms with Gasteiger partial charge in [0.1, 0.15) is 5.52 Å². The summed E-state index contributed by atoms with van der Waals surface area (Å²) >= 11 is 1.78. The van der Waals surface area contributed by atoms with E-state index in [4.69, 9.17) is 4.98 Å². The maximum absolute atomic E-state index is 4.82. The van der Waals surface area contributed by atoms with Crippen molar-refractivity contribution in [1.82, 2.24) is 14.5 Å². The van der Waals surface area contributed by atoms with Gasteiger partial charge in [-0.05, 0) is 47.6 Å². The molecule has 5 rings (SSSR count). The van der Waals surface area contributed by atoms with Gasteiger partial charge in [-0.1, -0.05) is 49.0 Å². The molecule has 0 unspecified atom stereocenters. The molecular weight excluding hydrogens is 326 g/mol. The van der Waals surface area contributed by atoms with Crippen molar-refractivity contribution < 1.29 is 0 Å². The molecule has 124 valence electrons. The van der Waals surface area contributed by atoms with Gasteiger partial charge < -0.3 is 0 Å². The minimum absolute atomic E-state index is 0.743. The van der Waals surface area contributed by atoms with Crippen LogP contribution in [0, 0.1) is 0 Å². The maximum Gasteiger partial charge on any atom is 0.173 e. The van der Waals surface area contributed by atoms with Crippen molar-refractivity contribution in [3.63, 3.8) is 0 Å². The lowest BCUT2D eigenvalue weighted by Crippen LogP contribution is -1.99. The van der Waals surface area contributed by atoms with Gasteiger partial charge in [0.25, 0.3) is 0 Å². The van der Waals surface area contributed by atoms with Crippen LogP contribution in [-0.2, 0) is 0 Å². The van der Waals surface area contributed by atoms with E-state index in [1.54, 1.807) is 11.8 Å². The van der Waals surface area contributed by atoms with E-state index in [9.17, 15) is 0 Å². The van der Waals surface area contributed by atoms with Crippen molar-refractivity contribution in [3.8, 4) is 5.69 Å². The highest BCUT2D eigenvalue weighted by Gasteiger charge is 2.26. The van der Waals surface area contributed by atoms with Gasteiger partial charge in [-0.2, -0.15) is 0 Å². The lowest BCUT2D eigenvalue weighted by atomic mass is 9.99. The summed E-state index contributed by atoms with van der Waals surface area (Å²) in [6, 6.07) is 15.4. The van der Waals surface area contributed by atoms with Crippen LogP contribution in [0.2, 0.25) is 0 Å². The Morgan fingerprint density at radius 1 is 1.08 bits per heavy atom. The van der Waals surface area contributed by atoms with Gasteiger partial charge in [0.2, 0.25) is 0 Å². The third kappa shape index (κ3) is 2.44. The average Bonchev–Trinajstić information content (AvgIpc) is 3.43. The van der Waals surface area contributed by atoms with E-state index in [1.807, 2.05) is 12.4 Å². The number of hydrogen-bond donors (Lipinski definition) is 0. The van der Waals surface area contributed by atoms with Crippen molar-refractivity contribution in [3.05, 3.63) is 60.4 Å². The summed E-state index contributed by atoms with van der Waals surface area (Å²) in [6.45, 7) is 2.17. The molecule has 1 aliphatic rings. The van der Waals surface area contributed by atoms with Crippen molar-refractivity contribution >= 4 is 33.6 Å². The molecule has 1 fully saturated rings. The second-order valence-electron chi connectivity index (χ2n) is 6.52. The Balaban J connectivity index is 1.83. The van der Waals surface area contributed by atoms with Crippen molar-refractivity contribution in [2.24, 2.45) is 0 Å². The number of aromatic nitrogens is 3. The average molecular weight is 345 g/mol. The van der Waals surface area contributed by atoms with Crippen molar-refractivity contribution in [1.29, 1.82) is 0 Å². The zero-order valence-electron chi connectivity index (χ0n) is 14.1. The predicted octanol–water partition coefficient (Wildman–Crippen LogP) is 5.56. The Morgan fingerprint density at radius 3 is 2.72 bits per heavy atom. The van der Waals surface area contributed by atoms with E-state index in [2.05, 4.69) is 58.9 Å². The monoisotopic (exact) mass is 345 g/mol. The van der Waals surface area contributed by atoms with Crippen LogP contribution in [0.1, 0.15) is 31.2 Å². The highest BCUT2D eigenvalue weighted by atomic mass is 32.2. The first-order valence-electron chi connectivity index (χ1n) is 8.84. The van der Waals surface area contributed by atoms with Crippen LogP contribution in [0.15, 0.2) is 60.0 Å². The van der Waals surface area contributed by atoms with E-state index in [1.165, 1.54) is 34.9 Å². The van der Waals surface area contributed by atoms with E-state index < -0.39 is 0 Å². The highest BCUT2D eigenvalue weighted by molar-refractivity contribution is 7.99. The maximum atomic E-state index is 4.82. The van der Waals surface area contributed by atoms with Crippen LogP contribution in [0.4, 0.5) is 0 Å². The number of hydrogen-bond acceptors (Lipinski definition) is 3. The number of pyridine rings is 1. The minimum atomic E-state index is 0.743. The zero-order chi connectivity index (χ0) is 16.8. The summed E-state index contributed by atoms with van der Waals surface area (Å²) in [4.78, 5) is 9.06. The Bertz CT molecular complexity index is 1080. The molecule has 0 atom stereocenters. The summed E-state index contributed by atoms with van der Waals surface area (Å²) in [7, 11) is 0. The Labute approximate surface area is 151 Å². The third-order valence-corrected chi connectivity index (χ3v) is 5.71. The molecule has 2 aromatic heterocycles. The van der Waals surface area contributed by atoms with E-state index in [-0.39, 0.29) is 0 Å². The number of rotatable bonds is 4. The van der Waals surface area contributed by atoms with Crippen LogP contribution in [-0.4, -0.2) is 20.3 Å². The lowest BCUT2D eigenvalue weighted by Gasteiger charge is -2.14. The summed E-state index contributed by atoms with van der Waals surface area (Å²) < 4.78 is 2.30. The fourth-order valence-electron chi connectivity index (χ4n) is 3.62. The molecule has 3 nitrogen and oxygen atoms in total. The van der Waals surface area contributed by atoms with Gasteiger partial charge in [-0.25, -0.2) is 4.98 Å². The SMILES string of the molecule is CCSc1nc2cnccc2n1-c1ccc(C2CC2)c2ccccc12. The summed E-state index contributed by atoms with van der Waals surface area (Å²) in [5, 5.41) is 3.72. The molecule has 0 radical (unpaired) electrons. The smallest absolute Gasteiger partial charge is 0.173 e. The standard InChI is InChI=1S/C21H19N3S/c1-2-25-21-23-18-13-22-12-11-20(18)24(21)19-10-9-15(14-7-8-14)16-5-3-4-6-17(16)19/h3-6,9-14H,2,7-8H2,1H3. The molecule has 4 aromatic rings. The minimum Gasteiger partial charge on any atom is -0.287 e. The Kier molecular flexibility index (Phi) is 3.52. The molecule has 2 heterocycles. The van der Waals surface area contributed by atoms with Gasteiger partial charge in [-0.3, -0.25) is 9.55 Å². The zero-order valence-corrected chi connectivity index (χ0v) is 15.0. The molecule has 1 saturated carbocycles. The molecule has 0 saturated heterocycles. The van der Waals surface area contributed by atoms with Gasteiger partial charge in [0.05, 0.1) is 17.4 Å². The highest BCUT2D eigenvalue weighted by Crippen LogP contribution is 2.44. The fraction of sp³-hybridized carbons (Fsp3) is 0.238. The second-order valence-corrected chi connectivity index (χ2v) is 7.75. The Morgan fingerprint density at radius 2 is 1.92 bits per heavy atom. The van der Waals surface area contributed by atoms with Gasteiger partial charge in [0, 0.05) is 11.6 Å². The molecule has 2 aromatic carbocycles. The first-order valence-corrected chi connectivity index (χ1v) is 9.82. The molecular formula is C21H19N3S. The number of nitrogens with zero attached hydrogens (tertiary/aromatic N) is 3. The Hall–Kier alpha value is -2.33. The fourth-order valence-corrected chi connectivity index (χ4v) is 4.37. The van der Waals surface area contributed by atoms with Crippen LogP contribution in [0.25, 0.3) is 27.5 Å². The molecule has 0 N–H and O–H groups in total. The molecule has 0 aliphatic heterocycles. The quantitative estimate of drug-likeness (QED) is 0.453. The topological polar surface area (TPSA) is 30.7 Å². The molecule has 4 heteroatoms. The first-order chi connectivity index (χ1) is 12.4. The van der Waals surface area contributed by atoms with Gasteiger partial charge in [0.15, 0.2) is 5.16 Å². The van der Waals surface area contributed by atoms with Gasteiger partial charge >= 0.3 is 0 Å². The lowest BCUT2D eigenvalue weighted by molar-refractivity contribution is 0.925. The summed E-state index contributed by atoms with van der Waals surface area (Å²) in [5.41, 5.74) is 4.78. The van der Waals surface area contributed by atoms with Crippen LogP contribution in [0.3, 0.4) is 0 Å². The van der Waals surface area contributed by atoms with Crippen LogP contribution in [0.5, 0.6) is 0 Å². The van der Waals surface area contributed by atoms with E-state index >= 15 is 0 Å². The molecule has 0 amide bonds. The van der Waals surface area contributed by atoms with Crippen molar-refractivity contribution in [2.45, 2.75) is 30.8 Å². The second kappa shape index (κ2) is 5.88. The number of benzene rings is 2. The normalized spacial score (nSPS) is 14.4. The van der Waals surface area contributed by atoms with Crippen LogP contribution >= 0.6 is 11.8 Å². The van der Waals surface area contributed by atoms with Crippen LogP contribution < -0.4 is 0 Å². The first kappa shape index (κ1) is 15.0. The third-order valence-electron chi connectivity index (χ3n) is 4.89. The molecule has 1 aliphatic carbocycles. The van der Waals surface area contributed by atoms with E-state index in [0.29, 0.717) is 0 Å². The van der Waals surface area contributed by atoms with Gasteiger partial charge in [-0.15, -0.1) is 0 Å².